The number of rotatable bonds is 4. The van der Waals surface area contributed by atoms with Crippen LogP contribution in [0.15, 0.2) is 24.3 Å². The molecule has 1 aliphatic rings. The van der Waals surface area contributed by atoms with Crippen LogP contribution in [0.25, 0.3) is 0 Å². The summed E-state index contributed by atoms with van der Waals surface area (Å²) in [5.41, 5.74) is 3.10. The van der Waals surface area contributed by atoms with Crippen LogP contribution in [0.1, 0.15) is 49.8 Å². The van der Waals surface area contributed by atoms with Crippen LogP contribution in [0, 0.1) is 0 Å². The number of benzene rings is 1. The van der Waals surface area contributed by atoms with Gasteiger partial charge in [0.2, 0.25) is 0 Å². The summed E-state index contributed by atoms with van der Waals surface area (Å²) in [6.45, 7) is 3.40. The van der Waals surface area contributed by atoms with E-state index in [0.29, 0.717) is 6.04 Å². The predicted molar refractivity (Wildman–Crippen MR) is 70.5 cm³/mol. The van der Waals surface area contributed by atoms with Gasteiger partial charge < -0.3 is 0 Å². The lowest BCUT2D eigenvalue weighted by atomic mass is 10.00. The van der Waals surface area contributed by atoms with Crippen LogP contribution < -0.4 is 0 Å². The molecule has 0 aromatic heterocycles. The van der Waals surface area contributed by atoms with Crippen molar-refractivity contribution < 1.29 is 0 Å². The Balaban J connectivity index is 0.00000128. The van der Waals surface area contributed by atoms with Gasteiger partial charge in [0.25, 0.3) is 0 Å². The number of nitrogens with zero attached hydrogens (tertiary/aromatic N) is 1. The lowest BCUT2D eigenvalue weighted by Gasteiger charge is -2.20. The minimum atomic E-state index is 0. The van der Waals surface area contributed by atoms with E-state index in [1.807, 2.05) is 0 Å². The number of fused-ring (bicyclic) bond motifs is 1. The molecule has 0 amide bonds. The van der Waals surface area contributed by atoms with Gasteiger partial charge in [0.05, 0.1) is 0 Å². The van der Waals surface area contributed by atoms with Crippen LogP contribution in [0.2, 0.25) is 0 Å². The summed E-state index contributed by atoms with van der Waals surface area (Å²) in [4.78, 5) is 2.49. The molecule has 85 valence electrons. The van der Waals surface area contributed by atoms with Crippen LogP contribution in [-0.2, 0) is 6.54 Å². The van der Waals surface area contributed by atoms with Gasteiger partial charge in [-0.2, -0.15) is 0 Å². The Bertz CT molecular complexity index is 324. The zero-order valence-corrected chi connectivity index (χ0v) is 10.4. The first-order valence-electron chi connectivity index (χ1n) is 6.11. The highest BCUT2D eigenvalue weighted by atomic mass is 15.1. The van der Waals surface area contributed by atoms with E-state index < -0.39 is 0 Å². The number of unbranched alkanes of at least 4 members (excludes halogenated alkanes) is 2. The monoisotopic (exact) mass is 214 g/mol. The second-order valence-electron chi connectivity index (χ2n) is 4.63. The molecule has 2 rings (SSSR count). The lowest BCUT2D eigenvalue weighted by Crippen LogP contribution is -2.16. The van der Waals surface area contributed by atoms with Crippen molar-refractivity contribution in [2.24, 2.45) is 0 Å². The molecular formula is C14H21BN. The van der Waals surface area contributed by atoms with Crippen molar-refractivity contribution in [1.82, 2.24) is 4.90 Å². The molecule has 0 unspecified atom stereocenters. The maximum absolute atomic E-state index is 2.49. The molecule has 1 aromatic rings. The molecule has 0 saturated heterocycles. The van der Waals surface area contributed by atoms with E-state index in [-0.39, 0.29) is 8.41 Å². The molecular weight excluding hydrogens is 193 g/mol. The molecule has 2 heteroatoms. The van der Waals surface area contributed by atoms with E-state index in [0.717, 1.165) is 6.54 Å². The molecule has 1 aromatic carbocycles. The van der Waals surface area contributed by atoms with E-state index in [1.54, 1.807) is 5.56 Å². The molecule has 1 atom stereocenters. The summed E-state index contributed by atoms with van der Waals surface area (Å²) < 4.78 is 0. The molecule has 0 spiro atoms. The predicted octanol–water partition coefficient (Wildman–Crippen LogP) is 3.37. The van der Waals surface area contributed by atoms with Crippen molar-refractivity contribution >= 4 is 8.41 Å². The third kappa shape index (κ3) is 2.68. The highest BCUT2D eigenvalue weighted by Gasteiger charge is 2.25. The zero-order chi connectivity index (χ0) is 10.7. The second kappa shape index (κ2) is 6.10. The van der Waals surface area contributed by atoms with Gasteiger partial charge in [0.1, 0.15) is 0 Å². The van der Waals surface area contributed by atoms with Crippen molar-refractivity contribution in [2.45, 2.75) is 45.2 Å². The summed E-state index contributed by atoms with van der Waals surface area (Å²) in [6.07, 6.45) is 5.37. The zero-order valence-electron chi connectivity index (χ0n) is 10.4. The summed E-state index contributed by atoms with van der Waals surface area (Å²) in [5.74, 6) is 0. The normalized spacial score (nSPS) is 19.2. The van der Waals surface area contributed by atoms with Crippen LogP contribution in [0.3, 0.4) is 0 Å². The highest BCUT2D eigenvalue weighted by Crippen LogP contribution is 2.35. The third-order valence-corrected chi connectivity index (χ3v) is 3.45. The average Bonchev–Trinajstić information content (AvgIpc) is 2.56. The van der Waals surface area contributed by atoms with Crippen LogP contribution in [-0.4, -0.2) is 20.4 Å². The largest absolute Gasteiger partial charge is 0.295 e. The van der Waals surface area contributed by atoms with E-state index in [4.69, 9.17) is 0 Å². The second-order valence-corrected chi connectivity index (χ2v) is 4.63. The highest BCUT2D eigenvalue weighted by molar-refractivity contribution is 5.75. The van der Waals surface area contributed by atoms with Crippen LogP contribution >= 0.6 is 0 Å². The smallest absolute Gasteiger partial charge is 0.0351 e. The molecule has 3 radical (unpaired) electrons. The minimum absolute atomic E-state index is 0. The van der Waals surface area contributed by atoms with Crippen molar-refractivity contribution in [2.75, 3.05) is 7.05 Å². The van der Waals surface area contributed by atoms with E-state index >= 15 is 0 Å². The fourth-order valence-electron chi connectivity index (χ4n) is 2.58. The first kappa shape index (κ1) is 13.3. The Kier molecular flexibility index (Phi) is 5.07. The number of hydrogen-bond acceptors (Lipinski definition) is 1. The maximum Gasteiger partial charge on any atom is 0.0351 e. The van der Waals surface area contributed by atoms with Gasteiger partial charge in [-0.1, -0.05) is 50.5 Å². The van der Waals surface area contributed by atoms with E-state index in [1.165, 1.54) is 31.2 Å². The van der Waals surface area contributed by atoms with Crippen molar-refractivity contribution in [3.8, 4) is 0 Å². The van der Waals surface area contributed by atoms with E-state index in [2.05, 4.69) is 43.1 Å². The quantitative estimate of drug-likeness (QED) is 0.548. The van der Waals surface area contributed by atoms with Gasteiger partial charge in [-0.15, -0.1) is 0 Å². The SMILES string of the molecule is CCCCC[C@@H]1c2ccccc2CN1C.[B]. The Labute approximate surface area is 101 Å². The van der Waals surface area contributed by atoms with Crippen LogP contribution in [0.5, 0.6) is 0 Å². The first-order valence-corrected chi connectivity index (χ1v) is 6.11. The van der Waals surface area contributed by atoms with Gasteiger partial charge in [-0.05, 0) is 24.6 Å². The van der Waals surface area contributed by atoms with E-state index in [9.17, 15) is 0 Å². The molecule has 0 saturated carbocycles. The van der Waals surface area contributed by atoms with Crippen LogP contribution in [0.4, 0.5) is 0 Å². The molecule has 0 N–H and O–H groups in total. The fraction of sp³-hybridized carbons (Fsp3) is 0.571. The summed E-state index contributed by atoms with van der Waals surface area (Å²) >= 11 is 0. The molecule has 0 aliphatic carbocycles. The van der Waals surface area contributed by atoms with Gasteiger partial charge >= 0.3 is 0 Å². The Morgan fingerprint density at radius 1 is 1.25 bits per heavy atom. The topological polar surface area (TPSA) is 3.24 Å². The maximum atomic E-state index is 2.49. The summed E-state index contributed by atoms with van der Waals surface area (Å²) in [6, 6.07) is 9.57. The standard InChI is InChI=1S/C14H21N.B/c1-3-4-5-10-14-13-9-7-6-8-12(13)11-15(14)2;/h6-9,14H,3-5,10-11H2,1-2H3;/t14-;/m1./s1. The summed E-state index contributed by atoms with van der Waals surface area (Å²) in [5, 5.41) is 0. The Morgan fingerprint density at radius 2 is 2.00 bits per heavy atom. The first-order chi connectivity index (χ1) is 7.33. The van der Waals surface area contributed by atoms with Gasteiger partial charge in [0.15, 0.2) is 0 Å². The summed E-state index contributed by atoms with van der Waals surface area (Å²) in [7, 11) is 2.25. The lowest BCUT2D eigenvalue weighted by molar-refractivity contribution is 0.250. The molecule has 0 bridgehead atoms. The molecule has 16 heavy (non-hydrogen) atoms. The van der Waals surface area contributed by atoms with Gasteiger partial charge in [-0.3, -0.25) is 4.90 Å². The molecule has 1 nitrogen and oxygen atoms in total. The Morgan fingerprint density at radius 3 is 2.75 bits per heavy atom. The van der Waals surface area contributed by atoms with Gasteiger partial charge in [-0.25, -0.2) is 0 Å². The molecule has 1 aliphatic heterocycles. The number of hydrogen-bond donors (Lipinski definition) is 0. The van der Waals surface area contributed by atoms with Gasteiger partial charge in [0, 0.05) is 21.0 Å². The average molecular weight is 214 g/mol. The fourth-order valence-corrected chi connectivity index (χ4v) is 2.58. The molecule has 0 fully saturated rings. The van der Waals surface area contributed by atoms with Crippen molar-refractivity contribution in [3.63, 3.8) is 0 Å². The van der Waals surface area contributed by atoms with Crippen molar-refractivity contribution in [1.29, 1.82) is 0 Å². The van der Waals surface area contributed by atoms with Crippen molar-refractivity contribution in [3.05, 3.63) is 35.4 Å². The Hall–Kier alpha value is -0.755. The molecule has 1 heterocycles. The third-order valence-electron chi connectivity index (χ3n) is 3.45. The minimum Gasteiger partial charge on any atom is -0.295 e.